The second-order valence-corrected chi connectivity index (χ2v) is 9.91. The molecule has 1 aromatic carbocycles. The van der Waals surface area contributed by atoms with Crippen LogP contribution in [0.25, 0.3) is 17.3 Å². The van der Waals surface area contributed by atoms with Gasteiger partial charge in [0, 0.05) is 18.2 Å². The van der Waals surface area contributed by atoms with Crippen molar-refractivity contribution in [3.05, 3.63) is 47.4 Å². The number of aliphatic carboxylic acids is 1. The number of carboxylic acid groups (broad SMARTS) is 1. The number of halogens is 1. The van der Waals surface area contributed by atoms with Crippen molar-refractivity contribution in [1.82, 2.24) is 9.97 Å². The van der Waals surface area contributed by atoms with Crippen molar-refractivity contribution < 1.29 is 32.9 Å². The van der Waals surface area contributed by atoms with E-state index in [1.54, 1.807) is 12.2 Å². The summed E-state index contributed by atoms with van der Waals surface area (Å²) in [6.45, 7) is 3.76. The molecule has 0 saturated heterocycles. The Kier molecular flexibility index (Phi) is 11.5. The van der Waals surface area contributed by atoms with E-state index < -0.39 is 34.0 Å². The number of benzene rings is 1. The van der Waals surface area contributed by atoms with Crippen molar-refractivity contribution in [1.29, 1.82) is 0 Å². The van der Waals surface area contributed by atoms with E-state index >= 15 is 0 Å². The quantitative estimate of drug-likeness (QED) is 0.398. The maximum absolute atomic E-state index is 13.5. The van der Waals surface area contributed by atoms with Crippen LogP contribution in [-0.4, -0.2) is 103 Å². The van der Waals surface area contributed by atoms with Gasteiger partial charge in [-0.25, -0.2) is 31.9 Å². The number of rotatable bonds is 10. The van der Waals surface area contributed by atoms with E-state index in [-0.39, 0.29) is 62.4 Å². The standard InChI is InChI=1S/C22H28FN3O6S.Ca.2H/c1-13(2)18-16(7-5-6-8-17(27)20(28)21(29)30)19(14-9-11-15(23)12-10-14)25-22(24-18)26(3)33(4,31)32;;;/h5,7,9-13,17,20,27-28H,6,8H2,1-4H3,(H,29,30);;;/t17-,20?;;;/m1.../s1. The van der Waals surface area contributed by atoms with Crippen LogP contribution in [0.4, 0.5) is 10.3 Å². The van der Waals surface area contributed by atoms with Crippen molar-refractivity contribution in [2.75, 3.05) is 17.6 Å². The zero-order valence-electron chi connectivity index (χ0n) is 18.8. The molecule has 9 nitrogen and oxygen atoms in total. The zero-order valence-corrected chi connectivity index (χ0v) is 19.6. The summed E-state index contributed by atoms with van der Waals surface area (Å²) in [5, 5.41) is 28.0. The fourth-order valence-corrected chi connectivity index (χ4v) is 3.36. The van der Waals surface area contributed by atoms with Gasteiger partial charge in [0.1, 0.15) is 5.82 Å². The second-order valence-electron chi connectivity index (χ2n) is 7.89. The third-order valence-electron chi connectivity index (χ3n) is 4.94. The molecule has 34 heavy (non-hydrogen) atoms. The molecule has 0 aliphatic carbocycles. The molecule has 1 heterocycles. The van der Waals surface area contributed by atoms with Crippen LogP contribution in [0.3, 0.4) is 0 Å². The van der Waals surface area contributed by atoms with E-state index in [0.717, 1.165) is 10.6 Å². The van der Waals surface area contributed by atoms with E-state index in [4.69, 9.17) is 5.11 Å². The summed E-state index contributed by atoms with van der Waals surface area (Å²) in [7, 11) is -2.29. The van der Waals surface area contributed by atoms with E-state index in [0.29, 0.717) is 22.5 Å². The molecule has 0 aliphatic heterocycles. The molecule has 0 spiro atoms. The van der Waals surface area contributed by atoms with Crippen LogP contribution < -0.4 is 4.31 Å². The van der Waals surface area contributed by atoms with Gasteiger partial charge in [0.2, 0.25) is 16.0 Å². The number of aliphatic hydroxyl groups is 2. The van der Waals surface area contributed by atoms with Crippen LogP contribution in [0, 0.1) is 5.82 Å². The number of carboxylic acids is 1. The van der Waals surface area contributed by atoms with Crippen molar-refractivity contribution in [3.63, 3.8) is 0 Å². The summed E-state index contributed by atoms with van der Waals surface area (Å²) < 4.78 is 38.6. The summed E-state index contributed by atoms with van der Waals surface area (Å²) >= 11 is 0. The monoisotopic (exact) mass is 523 g/mol. The van der Waals surface area contributed by atoms with Gasteiger partial charge in [0.25, 0.3) is 0 Å². The van der Waals surface area contributed by atoms with Crippen LogP contribution in [0.5, 0.6) is 0 Å². The van der Waals surface area contributed by atoms with Gasteiger partial charge in [-0.2, -0.15) is 0 Å². The van der Waals surface area contributed by atoms with Gasteiger partial charge in [-0.3, -0.25) is 0 Å². The second kappa shape index (κ2) is 12.9. The number of nitrogens with zero attached hydrogens (tertiary/aromatic N) is 3. The molecule has 1 unspecified atom stereocenters. The third kappa shape index (κ3) is 7.96. The first kappa shape index (κ1) is 30.4. The van der Waals surface area contributed by atoms with Gasteiger partial charge in [-0.15, -0.1) is 0 Å². The number of aromatic nitrogens is 2. The van der Waals surface area contributed by atoms with E-state index in [9.17, 15) is 27.8 Å². The Bertz CT molecular complexity index is 1130. The average molecular weight is 524 g/mol. The molecule has 2 rings (SSSR count). The first-order valence-electron chi connectivity index (χ1n) is 10.2. The molecule has 0 fully saturated rings. The molecule has 0 radical (unpaired) electrons. The predicted octanol–water partition coefficient (Wildman–Crippen LogP) is 1.49. The van der Waals surface area contributed by atoms with Gasteiger partial charge in [0.15, 0.2) is 6.10 Å². The Balaban J connectivity index is 0.00000578. The number of aliphatic hydroxyl groups excluding tert-OH is 2. The predicted molar refractivity (Wildman–Crippen MR) is 131 cm³/mol. The van der Waals surface area contributed by atoms with Gasteiger partial charge in [-0.1, -0.05) is 26.0 Å². The van der Waals surface area contributed by atoms with Gasteiger partial charge in [-0.05, 0) is 43.0 Å². The van der Waals surface area contributed by atoms with E-state index in [1.165, 1.54) is 31.3 Å². The first-order chi connectivity index (χ1) is 15.3. The summed E-state index contributed by atoms with van der Waals surface area (Å²) in [6.07, 6.45) is 1.34. The molecule has 2 aromatic rings. The summed E-state index contributed by atoms with van der Waals surface area (Å²) in [6, 6.07) is 5.58. The van der Waals surface area contributed by atoms with Crippen molar-refractivity contribution in [3.8, 4) is 11.3 Å². The molecule has 1 aromatic heterocycles. The molecule has 0 aliphatic rings. The van der Waals surface area contributed by atoms with Crippen LogP contribution in [0.15, 0.2) is 30.3 Å². The number of sulfonamides is 1. The number of allylic oxidation sites excluding steroid dienone is 1. The van der Waals surface area contributed by atoms with Crippen molar-refractivity contribution >= 4 is 65.8 Å². The number of anilines is 1. The molecule has 3 N–H and O–H groups in total. The third-order valence-corrected chi connectivity index (χ3v) is 6.10. The summed E-state index contributed by atoms with van der Waals surface area (Å²) in [4.78, 5) is 19.7. The molecule has 12 heteroatoms. The molecule has 0 saturated carbocycles. The van der Waals surface area contributed by atoms with Crippen LogP contribution in [0.2, 0.25) is 0 Å². The van der Waals surface area contributed by atoms with Crippen molar-refractivity contribution in [2.45, 2.75) is 44.8 Å². The number of hydrogen-bond donors (Lipinski definition) is 3. The molecular formula is C22H30CaFN3O6S. The minimum atomic E-state index is -3.63. The summed E-state index contributed by atoms with van der Waals surface area (Å²) in [5.41, 5.74) is 2.07. The van der Waals surface area contributed by atoms with Crippen LogP contribution >= 0.6 is 0 Å². The van der Waals surface area contributed by atoms with Crippen molar-refractivity contribution in [2.24, 2.45) is 0 Å². The Labute approximate surface area is 228 Å². The SMILES string of the molecule is CC(C)c1nc(N(C)S(C)(=O)=O)nc(-c2ccc(F)cc2)c1C=CCC[C@@H](O)C(O)C(=O)O.[CaH2]. The maximum atomic E-state index is 13.5. The van der Waals surface area contributed by atoms with E-state index in [1.807, 2.05) is 13.8 Å². The minimum absolute atomic E-state index is 0. The van der Waals surface area contributed by atoms with Gasteiger partial charge < -0.3 is 15.3 Å². The Morgan fingerprint density at radius 1 is 1.18 bits per heavy atom. The molecule has 184 valence electrons. The Hall–Kier alpha value is -1.63. The molecule has 0 amide bonds. The normalized spacial score (nSPS) is 13.5. The first-order valence-corrected chi connectivity index (χ1v) is 12.0. The van der Waals surface area contributed by atoms with Crippen LogP contribution in [0.1, 0.15) is 43.9 Å². The van der Waals surface area contributed by atoms with Crippen LogP contribution in [-0.2, 0) is 14.8 Å². The fraction of sp³-hybridized carbons (Fsp3) is 0.409. The molecule has 2 atom stereocenters. The van der Waals surface area contributed by atoms with Gasteiger partial charge in [0.05, 0.1) is 23.7 Å². The fourth-order valence-electron chi connectivity index (χ4n) is 2.99. The van der Waals surface area contributed by atoms with Gasteiger partial charge >= 0.3 is 43.7 Å². The Morgan fingerprint density at radius 3 is 2.26 bits per heavy atom. The molecule has 0 bridgehead atoms. The number of carbonyl (C=O) groups is 1. The average Bonchev–Trinajstić information content (AvgIpc) is 2.74. The Morgan fingerprint density at radius 2 is 1.76 bits per heavy atom. The number of hydrogen-bond acceptors (Lipinski definition) is 7. The summed E-state index contributed by atoms with van der Waals surface area (Å²) in [5.74, 6) is -2.10. The topological polar surface area (TPSA) is 141 Å². The zero-order chi connectivity index (χ0) is 24.9. The van der Waals surface area contributed by atoms with E-state index in [2.05, 4.69) is 9.97 Å². The molecular weight excluding hydrogens is 493 g/mol.